The van der Waals surface area contributed by atoms with Crippen molar-refractivity contribution in [3.63, 3.8) is 0 Å². The van der Waals surface area contributed by atoms with Gasteiger partial charge in [0, 0.05) is 11.5 Å². The molecule has 2 N–H and O–H groups in total. The van der Waals surface area contributed by atoms with Gasteiger partial charge in [-0.2, -0.15) is 0 Å². The van der Waals surface area contributed by atoms with Crippen molar-refractivity contribution in [2.75, 3.05) is 0 Å². The van der Waals surface area contributed by atoms with Gasteiger partial charge in [0.15, 0.2) is 0 Å². The molecule has 7 atom stereocenters. The molecular weight excluding hydrogens is 362 g/mol. The predicted octanol–water partition coefficient (Wildman–Crippen LogP) is 4.96. The highest BCUT2D eigenvalue weighted by Crippen LogP contribution is 2.65. The second-order valence-electron chi connectivity index (χ2n) is 11.6. The first-order chi connectivity index (χ1) is 13.5. The molecule has 0 aliphatic heterocycles. The Balaban J connectivity index is 1.61. The average molecular weight is 400 g/mol. The van der Waals surface area contributed by atoms with Crippen LogP contribution in [-0.2, 0) is 9.59 Å². The summed E-state index contributed by atoms with van der Waals surface area (Å²) in [4.78, 5) is 24.6. The third kappa shape index (κ3) is 3.27. The number of hydrogen-bond donors (Lipinski definition) is 2. The van der Waals surface area contributed by atoms with Gasteiger partial charge in [-0.1, -0.05) is 32.1 Å². The molecule has 0 aromatic heterocycles. The van der Waals surface area contributed by atoms with Crippen molar-refractivity contribution in [3.8, 4) is 0 Å². The fourth-order valence-electron chi connectivity index (χ4n) is 7.24. The highest BCUT2D eigenvalue weighted by atomic mass is 16.4. The average Bonchev–Trinajstić information content (AvgIpc) is 2.96. The minimum Gasteiger partial charge on any atom is -0.481 e. The first-order valence-corrected chi connectivity index (χ1v) is 11.4. The Labute approximate surface area is 175 Å². The lowest BCUT2D eigenvalue weighted by molar-refractivity contribution is -0.140. The van der Waals surface area contributed by atoms with Crippen LogP contribution in [0.3, 0.4) is 0 Å². The van der Waals surface area contributed by atoms with Crippen molar-refractivity contribution >= 4 is 11.9 Å². The molecule has 2 fully saturated rings. The Hall–Kier alpha value is -1.58. The summed E-state index contributed by atoms with van der Waals surface area (Å²) in [6.07, 6.45) is 12.6. The maximum Gasteiger partial charge on any atom is 0.310 e. The van der Waals surface area contributed by atoms with Gasteiger partial charge in [-0.25, -0.2) is 0 Å². The van der Waals surface area contributed by atoms with Crippen molar-refractivity contribution in [3.05, 3.63) is 23.8 Å². The van der Waals surface area contributed by atoms with E-state index in [-0.39, 0.29) is 34.1 Å². The number of rotatable bonds is 2. The molecule has 4 aliphatic carbocycles. The number of aliphatic carboxylic acids is 1. The lowest BCUT2D eigenvalue weighted by Gasteiger charge is -2.56. The van der Waals surface area contributed by atoms with Crippen LogP contribution in [0, 0.1) is 40.4 Å². The summed E-state index contributed by atoms with van der Waals surface area (Å²) in [6, 6.07) is 0. The SMILES string of the molecule is CC(C)(C)NC(=O)[C@H]1CC[C@H]2[C@@H]3C=CC4=CC(C(=O)O)CC[C@]4(C)[C@H]3CC[C@]12C. The number of fused-ring (bicyclic) bond motifs is 5. The van der Waals surface area contributed by atoms with Gasteiger partial charge in [0.1, 0.15) is 0 Å². The van der Waals surface area contributed by atoms with Crippen LogP contribution in [-0.4, -0.2) is 22.5 Å². The fourth-order valence-corrected chi connectivity index (χ4v) is 7.24. The Bertz CT molecular complexity index is 775. The number of carboxylic acid groups (broad SMARTS) is 1. The molecule has 1 unspecified atom stereocenters. The summed E-state index contributed by atoms with van der Waals surface area (Å²) >= 11 is 0. The van der Waals surface area contributed by atoms with Crippen LogP contribution in [0.25, 0.3) is 0 Å². The number of carboxylic acids is 1. The zero-order chi connectivity index (χ0) is 21.2. The Morgan fingerprint density at radius 3 is 2.45 bits per heavy atom. The number of hydrogen-bond acceptors (Lipinski definition) is 2. The maximum absolute atomic E-state index is 13.1. The molecule has 1 amide bonds. The van der Waals surface area contributed by atoms with E-state index >= 15 is 0 Å². The van der Waals surface area contributed by atoms with Crippen molar-refractivity contribution in [2.24, 2.45) is 40.4 Å². The van der Waals surface area contributed by atoms with E-state index in [1.165, 1.54) is 5.57 Å². The number of nitrogens with one attached hydrogen (secondary N) is 1. The van der Waals surface area contributed by atoms with E-state index in [1.54, 1.807) is 0 Å². The number of amides is 1. The molecule has 0 aromatic carbocycles. The molecule has 160 valence electrons. The Morgan fingerprint density at radius 1 is 1.07 bits per heavy atom. The summed E-state index contributed by atoms with van der Waals surface area (Å²) in [5, 5.41) is 12.7. The lowest BCUT2D eigenvalue weighted by atomic mass is 9.48. The maximum atomic E-state index is 13.1. The first kappa shape index (κ1) is 20.7. The fraction of sp³-hybridized carbons (Fsp3) is 0.760. The van der Waals surface area contributed by atoms with Gasteiger partial charge in [0.2, 0.25) is 5.91 Å². The smallest absolute Gasteiger partial charge is 0.310 e. The second-order valence-corrected chi connectivity index (χ2v) is 11.6. The summed E-state index contributed by atoms with van der Waals surface area (Å²) < 4.78 is 0. The summed E-state index contributed by atoms with van der Waals surface area (Å²) in [7, 11) is 0. The van der Waals surface area contributed by atoms with E-state index < -0.39 is 5.97 Å². The molecule has 0 bridgehead atoms. The summed E-state index contributed by atoms with van der Waals surface area (Å²) in [5.74, 6) is 0.910. The minimum atomic E-state index is -0.699. The molecule has 0 aromatic rings. The molecule has 0 spiro atoms. The van der Waals surface area contributed by atoms with Gasteiger partial charge in [0.05, 0.1) is 5.92 Å². The van der Waals surface area contributed by atoms with Crippen molar-refractivity contribution in [1.29, 1.82) is 0 Å². The van der Waals surface area contributed by atoms with Crippen molar-refractivity contribution < 1.29 is 14.7 Å². The van der Waals surface area contributed by atoms with Crippen LogP contribution >= 0.6 is 0 Å². The zero-order valence-electron chi connectivity index (χ0n) is 18.6. The molecule has 4 rings (SSSR count). The van der Waals surface area contributed by atoms with Crippen LogP contribution in [0.5, 0.6) is 0 Å². The van der Waals surface area contributed by atoms with E-state index in [0.29, 0.717) is 17.8 Å². The van der Waals surface area contributed by atoms with Crippen LogP contribution in [0.15, 0.2) is 23.8 Å². The van der Waals surface area contributed by atoms with Crippen LogP contribution in [0.1, 0.15) is 73.1 Å². The van der Waals surface area contributed by atoms with E-state index in [1.807, 2.05) is 6.08 Å². The number of allylic oxidation sites excluding steroid dienone is 3. The molecular formula is C25H37NO3. The van der Waals surface area contributed by atoms with Gasteiger partial charge in [-0.15, -0.1) is 0 Å². The highest BCUT2D eigenvalue weighted by Gasteiger charge is 2.59. The lowest BCUT2D eigenvalue weighted by Crippen LogP contribution is -2.52. The molecule has 4 heteroatoms. The Morgan fingerprint density at radius 2 is 1.79 bits per heavy atom. The molecule has 2 saturated carbocycles. The predicted molar refractivity (Wildman–Crippen MR) is 114 cm³/mol. The molecule has 29 heavy (non-hydrogen) atoms. The van der Waals surface area contributed by atoms with Gasteiger partial charge < -0.3 is 10.4 Å². The largest absolute Gasteiger partial charge is 0.481 e. The van der Waals surface area contributed by atoms with Gasteiger partial charge >= 0.3 is 5.97 Å². The van der Waals surface area contributed by atoms with Crippen LogP contribution < -0.4 is 5.32 Å². The van der Waals surface area contributed by atoms with Crippen molar-refractivity contribution in [2.45, 2.75) is 78.7 Å². The van der Waals surface area contributed by atoms with E-state index in [9.17, 15) is 14.7 Å². The summed E-state index contributed by atoms with van der Waals surface area (Å²) in [6.45, 7) is 10.9. The molecule has 0 heterocycles. The van der Waals surface area contributed by atoms with Gasteiger partial charge in [0.25, 0.3) is 0 Å². The third-order valence-corrected chi connectivity index (χ3v) is 8.80. The zero-order valence-corrected chi connectivity index (χ0v) is 18.6. The Kier molecular flexibility index (Phi) is 4.79. The van der Waals surface area contributed by atoms with Crippen LogP contribution in [0.4, 0.5) is 0 Å². The van der Waals surface area contributed by atoms with E-state index in [0.717, 1.165) is 38.5 Å². The quantitative estimate of drug-likeness (QED) is 0.690. The van der Waals surface area contributed by atoms with Crippen molar-refractivity contribution in [1.82, 2.24) is 5.32 Å². The van der Waals surface area contributed by atoms with E-state index in [4.69, 9.17) is 0 Å². The molecule has 0 saturated heterocycles. The third-order valence-electron chi connectivity index (χ3n) is 8.80. The molecule has 4 aliphatic rings. The minimum absolute atomic E-state index is 0.0662. The molecule has 0 radical (unpaired) electrons. The normalized spacial score (nSPS) is 43.6. The standard InChI is InChI=1S/C25H37NO3/c1-23(2,3)26-21(27)20-9-8-18-17-7-6-16-14-15(22(28)29)10-12-24(16,4)19(17)11-13-25(18,20)5/h6-7,14-15,17-20H,8-13H2,1-5H3,(H,26,27)(H,28,29)/t15?,17-,18-,19-,20+,24-,25-/m0/s1. The monoisotopic (exact) mass is 399 g/mol. The number of carbonyl (C=O) groups is 2. The summed E-state index contributed by atoms with van der Waals surface area (Å²) in [5.41, 5.74) is 1.19. The van der Waals surface area contributed by atoms with Gasteiger partial charge in [-0.3, -0.25) is 9.59 Å². The first-order valence-electron chi connectivity index (χ1n) is 11.4. The second kappa shape index (κ2) is 6.72. The highest BCUT2D eigenvalue weighted by molar-refractivity contribution is 5.80. The molecule has 4 nitrogen and oxygen atoms in total. The number of carbonyl (C=O) groups excluding carboxylic acids is 1. The van der Waals surface area contributed by atoms with Gasteiger partial charge in [-0.05, 0) is 93.5 Å². The van der Waals surface area contributed by atoms with E-state index in [2.05, 4.69) is 52.1 Å². The van der Waals surface area contributed by atoms with Crippen LogP contribution in [0.2, 0.25) is 0 Å². The topological polar surface area (TPSA) is 66.4 Å².